The van der Waals surface area contributed by atoms with E-state index in [1.165, 1.54) is 16.7 Å². The number of aromatic nitrogens is 1. The molecular formula is C17H18N2OS. The molecule has 0 N–H and O–H groups in total. The molecule has 2 heterocycles. The van der Waals surface area contributed by atoms with Gasteiger partial charge in [0.25, 0.3) is 0 Å². The van der Waals surface area contributed by atoms with Gasteiger partial charge in [-0.15, -0.1) is 11.3 Å². The Kier molecular flexibility index (Phi) is 2.89. The predicted octanol–water partition coefficient (Wildman–Crippen LogP) is 3.87. The van der Waals surface area contributed by atoms with Crippen molar-refractivity contribution < 1.29 is 4.74 Å². The fourth-order valence-electron chi connectivity index (χ4n) is 3.68. The molecule has 0 amide bonds. The Morgan fingerprint density at radius 1 is 1.38 bits per heavy atom. The first-order valence-corrected chi connectivity index (χ1v) is 8.35. The van der Waals surface area contributed by atoms with Gasteiger partial charge in [0.15, 0.2) is 5.90 Å². The largest absolute Gasteiger partial charge is 0.476 e. The summed E-state index contributed by atoms with van der Waals surface area (Å²) < 4.78 is 5.81. The maximum Gasteiger partial charge on any atom is 0.181 e. The number of hydrogen-bond donors (Lipinski definition) is 0. The Bertz CT molecular complexity index is 708. The molecule has 0 saturated carbocycles. The summed E-state index contributed by atoms with van der Waals surface area (Å²) in [6.45, 7) is 4.11. The normalized spacial score (nSPS) is 27.3. The molecule has 2 aromatic rings. The molecule has 0 saturated heterocycles. The molecule has 3 nitrogen and oxygen atoms in total. The zero-order chi connectivity index (χ0) is 14.4. The predicted molar refractivity (Wildman–Crippen MR) is 86.0 cm³/mol. The van der Waals surface area contributed by atoms with Crippen LogP contribution in [0.5, 0.6) is 0 Å². The van der Waals surface area contributed by atoms with Crippen molar-refractivity contribution in [1.29, 1.82) is 0 Å². The number of nitrogens with zero attached hydrogens (tertiary/aromatic N) is 2. The molecule has 0 fully saturated rings. The highest BCUT2D eigenvalue weighted by molar-refractivity contribution is 7.07. The highest BCUT2D eigenvalue weighted by Crippen LogP contribution is 2.41. The van der Waals surface area contributed by atoms with Crippen LogP contribution in [0.4, 0.5) is 0 Å². The van der Waals surface area contributed by atoms with Crippen molar-refractivity contribution in [3.05, 3.63) is 40.2 Å². The van der Waals surface area contributed by atoms with E-state index in [-0.39, 0.29) is 11.6 Å². The van der Waals surface area contributed by atoms with Gasteiger partial charge in [-0.25, -0.2) is 9.98 Å². The molecule has 4 rings (SSSR count). The van der Waals surface area contributed by atoms with E-state index in [9.17, 15) is 0 Å². The number of ether oxygens (including phenoxy) is 1. The Balaban J connectivity index is 1.77. The van der Waals surface area contributed by atoms with Crippen molar-refractivity contribution in [1.82, 2.24) is 4.98 Å². The Morgan fingerprint density at radius 3 is 3.00 bits per heavy atom. The molecule has 108 valence electrons. The molecule has 1 aliphatic heterocycles. The summed E-state index contributed by atoms with van der Waals surface area (Å²) in [4.78, 5) is 9.31. The van der Waals surface area contributed by atoms with E-state index >= 15 is 0 Å². The monoisotopic (exact) mass is 298 g/mol. The molecule has 1 aromatic carbocycles. The van der Waals surface area contributed by atoms with Crippen molar-refractivity contribution in [2.24, 2.45) is 4.99 Å². The second-order valence-electron chi connectivity index (χ2n) is 5.99. The van der Waals surface area contributed by atoms with Crippen LogP contribution in [0.15, 0.2) is 34.1 Å². The minimum atomic E-state index is -0.0578. The molecule has 1 spiro atoms. The van der Waals surface area contributed by atoms with Gasteiger partial charge in [0.05, 0.1) is 11.2 Å². The van der Waals surface area contributed by atoms with E-state index in [2.05, 4.69) is 35.5 Å². The summed E-state index contributed by atoms with van der Waals surface area (Å²) in [7, 11) is 0. The van der Waals surface area contributed by atoms with E-state index < -0.39 is 0 Å². The van der Waals surface area contributed by atoms with Crippen molar-refractivity contribution in [2.75, 3.05) is 0 Å². The van der Waals surface area contributed by atoms with Crippen molar-refractivity contribution in [3.8, 4) is 11.3 Å². The first-order valence-electron chi connectivity index (χ1n) is 7.40. The van der Waals surface area contributed by atoms with E-state index in [0.717, 1.165) is 30.9 Å². The third kappa shape index (κ3) is 2.01. The number of aliphatic imine (C=N–C) groups is 1. The van der Waals surface area contributed by atoms with Gasteiger partial charge in [-0.3, -0.25) is 0 Å². The summed E-state index contributed by atoms with van der Waals surface area (Å²) in [6, 6.07) is 6.57. The minimum Gasteiger partial charge on any atom is -0.476 e. The average molecular weight is 298 g/mol. The summed E-state index contributed by atoms with van der Waals surface area (Å²) in [5.74, 6) is 0.835. The van der Waals surface area contributed by atoms with Gasteiger partial charge in [-0.05, 0) is 30.9 Å². The Morgan fingerprint density at radius 2 is 2.29 bits per heavy atom. The van der Waals surface area contributed by atoms with Gasteiger partial charge in [0.1, 0.15) is 11.6 Å². The van der Waals surface area contributed by atoms with Crippen LogP contribution < -0.4 is 0 Å². The van der Waals surface area contributed by atoms with Gasteiger partial charge >= 0.3 is 0 Å². The lowest BCUT2D eigenvalue weighted by atomic mass is 9.74. The minimum absolute atomic E-state index is 0.0578. The smallest absolute Gasteiger partial charge is 0.181 e. The van der Waals surface area contributed by atoms with Crippen LogP contribution in [0.3, 0.4) is 0 Å². The number of thiazole rings is 1. The molecule has 0 radical (unpaired) electrons. The summed E-state index contributed by atoms with van der Waals surface area (Å²) in [6.07, 6.45) is 3.25. The van der Waals surface area contributed by atoms with E-state index in [1.54, 1.807) is 11.3 Å². The Hall–Kier alpha value is -1.68. The van der Waals surface area contributed by atoms with Crippen LogP contribution in [0, 0.1) is 0 Å². The topological polar surface area (TPSA) is 34.5 Å². The lowest BCUT2D eigenvalue weighted by Crippen LogP contribution is -2.41. The summed E-state index contributed by atoms with van der Waals surface area (Å²) in [5.41, 5.74) is 7.08. The van der Waals surface area contributed by atoms with Gasteiger partial charge in [0.2, 0.25) is 0 Å². The van der Waals surface area contributed by atoms with Crippen LogP contribution >= 0.6 is 11.3 Å². The van der Waals surface area contributed by atoms with Crippen LogP contribution in [-0.2, 0) is 17.6 Å². The molecule has 1 aliphatic carbocycles. The lowest BCUT2D eigenvalue weighted by molar-refractivity contribution is 0.141. The SMILES string of the molecule is CC1=N[C@]2(CCc3c(cccc3-c3cscn3)C2)C(C)O1. The van der Waals surface area contributed by atoms with Crippen molar-refractivity contribution in [2.45, 2.75) is 44.8 Å². The fraction of sp³-hybridized carbons (Fsp3) is 0.412. The average Bonchev–Trinajstić information content (AvgIpc) is 3.07. The molecule has 1 aromatic heterocycles. The molecular weight excluding hydrogens is 280 g/mol. The molecule has 2 aliphatic rings. The molecule has 1 unspecified atom stereocenters. The van der Waals surface area contributed by atoms with Crippen LogP contribution in [-0.4, -0.2) is 22.5 Å². The van der Waals surface area contributed by atoms with Gasteiger partial charge in [-0.1, -0.05) is 18.2 Å². The molecule has 2 atom stereocenters. The van der Waals surface area contributed by atoms with Crippen LogP contribution in [0.2, 0.25) is 0 Å². The maximum atomic E-state index is 5.81. The molecule has 4 heteroatoms. The first-order chi connectivity index (χ1) is 10.2. The van der Waals surface area contributed by atoms with E-state index in [0.29, 0.717) is 0 Å². The highest BCUT2D eigenvalue weighted by Gasteiger charge is 2.44. The van der Waals surface area contributed by atoms with Crippen LogP contribution in [0.1, 0.15) is 31.4 Å². The molecule has 0 bridgehead atoms. The number of rotatable bonds is 1. The first kappa shape index (κ1) is 13.0. The standard InChI is InChI=1S/C17H18N2OS/c1-11-17(19-12(2)20-11)7-6-14-13(8-17)4-3-5-15(14)16-9-21-10-18-16/h3-5,9-11H,6-8H2,1-2H3/t11?,17-/m0/s1. The van der Waals surface area contributed by atoms with Crippen molar-refractivity contribution in [3.63, 3.8) is 0 Å². The lowest BCUT2D eigenvalue weighted by Gasteiger charge is -2.35. The number of fused-ring (bicyclic) bond motifs is 1. The zero-order valence-electron chi connectivity index (χ0n) is 12.3. The van der Waals surface area contributed by atoms with Gasteiger partial charge in [-0.2, -0.15) is 0 Å². The number of hydrogen-bond acceptors (Lipinski definition) is 4. The van der Waals surface area contributed by atoms with E-state index in [4.69, 9.17) is 9.73 Å². The molecule has 21 heavy (non-hydrogen) atoms. The van der Waals surface area contributed by atoms with Crippen LogP contribution in [0.25, 0.3) is 11.3 Å². The quantitative estimate of drug-likeness (QED) is 0.801. The second kappa shape index (κ2) is 4.67. The Labute approximate surface area is 128 Å². The van der Waals surface area contributed by atoms with Gasteiger partial charge < -0.3 is 4.74 Å². The third-order valence-electron chi connectivity index (χ3n) is 4.77. The summed E-state index contributed by atoms with van der Waals surface area (Å²) in [5, 5.41) is 2.13. The second-order valence-corrected chi connectivity index (χ2v) is 6.71. The highest BCUT2D eigenvalue weighted by atomic mass is 32.1. The fourth-order valence-corrected chi connectivity index (χ4v) is 4.23. The van der Waals surface area contributed by atoms with E-state index in [1.807, 2.05) is 12.4 Å². The maximum absolute atomic E-state index is 5.81. The van der Waals surface area contributed by atoms with Gasteiger partial charge in [0, 0.05) is 24.3 Å². The number of benzene rings is 1. The zero-order valence-corrected chi connectivity index (χ0v) is 13.1. The van der Waals surface area contributed by atoms with Crippen molar-refractivity contribution >= 4 is 17.2 Å². The summed E-state index contributed by atoms with van der Waals surface area (Å²) >= 11 is 1.65. The third-order valence-corrected chi connectivity index (χ3v) is 5.36.